The van der Waals surface area contributed by atoms with Crippen LogP contribution in [0.25, 0.3) is 0 Å². The largest absolute Gasteiger partial charge is 0.573 e. The molecule has 2 saturated carbocycles. The third kappa shape index (κ3) is 6.98. The van der Waals surface area contributed by atoms with Crippen LogP contribution in [0.1, 0.15) is 38.1 Å². The standard InChI is InChI=1S/C29H36ClF3N4O5/c30-27-26(34-12-19-16-40-15-18-11-25(18)19)13-35-37(28(27)38)22-3-1-20(2-4-22)36(14-24-17-39-9-10-41-24)21-5-7-23(8-6-21)42-29(31,32)33/h5-8,13,18-20,22,24-25,34H,1-4,9-12,14-17H2/t18-,19+,20-,22-,24+,25-/m0/s1. The Kier molecular flexibility index (Phi) is 8.85. The molecule has 42 heavy (non-hydrogen) atoms. The molecule has 13 heteroatoms. The highest BCUT2D eigenvalue weighted by atomic mass is 35.5. The van der Waals surface area contributed by atoms with Crippen LogP contribution < -0.4 is 20.5 Å². The van der Waals surface area contributed by atoms with Gasteiger partial charge in [-0.1, -0.05) is 11.6 Å². The number of halogens is 4. The van der Waals surface area contributed by atoms with Gasteiger partial charge >= 0.3 is 6.36 Å². The molecular weight excluding hydrogens is 577 g/mol. The Morgan fingerprint density at radius 2 is 1.86 bits per heavy atom. The lowest BCUT2D eigenvalue weighted by Gasteiger charge is -2.40. The van der Waals surface area contributed by atoms with Crippen LogP contribution >= 0.6 is 11.6 Å². The first kappa shape index (κ1) is 29.5. The minimum absolute atomic E-state index is 0.0947. The molecule has 1 aromatic heterocycles. The maximum atomic E-state index is 13.2. The topological polar surface area (TPSA) is 87.1 Å². The minimum atomic E-state index is -4.75. The van der Waals surface area contributed by atoms with Crippen LogP contribution in [-0.4, -0.2) is 74.4 Å². The number of alkyl halides is 3. The van der Waals surface area contributed by atoms with E-state index in [9.17, 15) is 18.0 Å². The summed E-state index contributed by atoms with van der Waals surface area (Å²) in [6, 6.07) is 5.92. The number of nitrogens with zero attached hydrogens (tertiary/aromatic N) is 3. The number of benzene rings is 1. The van der Waals surface area contributed by atoms with E-state index in [0.717, 1.165) is 31.7 Å². The number of nitrogens with one attached hydrogen (secondary N) is 1. The van der Waals surface area contributed by atoms with Crippen LogP contribution in [0.15, 0.2) is 35.3 Å². The lowest BCUT2D eigenvalue weighted by Crippen LogP contribution is -2.46. The van der Waals surface area contributed by atoms with Gasteiger partial charge in [-0.3, -0.25) is 4.79 Å². The van der Waals surface area contributed by atoms with Gasteiger partial charge in [-0.15, -0.1) is 13.2 Å². The van der Waals surface area contributed by atoms with E-state index in [-0.39, 0.29) is 34.5 Å². The van der Waals surface area contributed by atoms with Crippen molar-refractivity contribution >= 4 is 23.0 Å². The molecule has 4 fully saturated rings. The summed E-state index contributed by atoms with van der Waals surface area (Å²) in [6.07, 6.45) is 0.871. The summed E-state index contributed by atoms with van der Waals surface area (Å²) >= 11 is 6.52. The quantitative estimate of drug-likeness (QED) is 0.428. The molecule has 6 rings (SSSR count). The second kappa shape index (κ2) is 12.6. The molecule has 0 radical (unpaired) electrons. The van der Waals surface area contributed by atoms with E-state index in [1.54, 1.807) is 18.3 Å². The number of aromatic nitrogens is 2. The average Bonchev–Trinajstić information content (AvgIpc) is 3.78. The van der Waals surface area contributed by atoms with E-state index >= 15 is 0 Å². The Bertz CT molecular complexity index is 1270. The van der Waals surface area contributed by atoms with Gasteiger partial charge in [-0.2, -0.15) is 5.10 Å². The predicted octanol–water partition coefficient (Wildman–Crippen LogP) is 4.90. The normalized spacial score (nSPS) is 29.4. The molecule has 2 aliphatic heterocycles. The van der Waals surface area contributed by atoms with Crippen LogP contribution in [0.5, 0.6) is 5.75 Å². The van der Waals surface area contributed by atoms with Gasteiger partial charge in [-0.25, -0.2) is 4.68 Å². The smallest absolute Gasteiger partial charge is 0.406 e. The number of anilines is 2. The van der Waals surface area contributed by atoms with Crippen molar-refractivity contribution < 1.29 is 32.1 Å². The minimum Gasteiger partial charge on any atom is -0.406 e. The highest BCUT2D eigenvalue weighted by Crippen LogP contribution is 2.47. The molecule has 4 aliphatic rings. The lowest BCUT2D eigenvalue weighted by molar-refractivity contribution is -0.274. The molecule has 2 saturated heterocycles. The van der Waals surface area contributed by atoms with Crippen LogP contribution in [0, 0.1) is 17.8 Å². The van der Waals surface area contributed by atoms with Crippen LogP contribution in [-0.2, 0) is 14.2 Å². The Morgan fingerprint density at radius 3 is 2.57 bits per heavy atom. The maximum Gasteiger partial charge on any atom is 0.573 e. The third-order valence-electron chi connectivity index (χ3n) is 8.89. The summed E-state index contributed by atoms with van der Waals surface area (Å²) in [5.74, 6) is 1.51. The molecule has 0 unspecified atom stereocenters. The lowest BCUT2D eigenvalue weighted by atomic mass is 9.89. The van der Waals surface area contributed by atoms with Crippen molar-refractivity contribution in [2.45, 2.75) is 56.7 Å². The summed E-state index contributed by atoms with van der Waals surface area (Å²) in [6.45, 7) is 4.31. The van der Waals surface area contributed by atoms with E-state index in [2.05, 4.69) is 20.1 Å². The summed E-state index contributed by atoms with van der Waals surface area (Å²) in [4.78, 5) is 15.4. The monoisotopic (exact) mass is 612 g/mol. The van der Waals surface area contributed by atoms with Crippen LogP contribution in [0.4, 0.5) is 24.5 Å². The van der Waals surface area contributed by atoms with E-state index in [1.165, 1.54) is 23.2 Å². The zero-order valence-electron chi connectivity index (χ0n) is 23.2. The Balaban J connectivity index is 1.10. The molecular formula is C29H36ClF3N4O5. The average molecular weight is 613 g/mol. The summed E-state index contributed by atoms with van der Waals surface area (Å²) in [5.41, 5.74) is 1.02. The zero-order chi connectivity index (χ0) is 29.3. The second-order valence-corrected chi connectivity index (χ2v) is 12.1. The molecule has 3 heterocycles. The molecule has 2 aromatic rings. The number of rotatable bonds is 9. The van der Waals surface area contributed by atoms with Crippen molar-refractivity contribution in [3.63, 3.8) is 0 Å². The summed E-state index contributed by atoms with van der Waals surface area (Å²) in [7, 11) is 0. The Hall–Kier alpha value is -2.54. The van der Waals surface area contributed by atoms with Gasteiger partial charge in [0.15, 0.2) is 0 Å². The number of ether oxygens (including phenoxy) is 4. The second-order valence-electron chi connectivity index (χ2n) is 11.7. The van der Waals surface area contributed by atoms with E-state index in [4.69, 9.17) is 25.8 Å². The Labute approximate surface area is 247 Å². The van der Waals surface area contributed by atoms with Crippen LogP contribution in [0.2, 0.25) is 5.02 Å². The first-order chi connectivity index (χ1) is 20.2. The van der Waals surface area contributed by atoms with Gasteiger partial charge in [0, 0.05) is 37.3 Å². The zero-order valence-corrected chi connectivity index (χ0v) is 24.0. The van der Waals surface area contributed by atoms with Crippen molar-refractivity contribution in [1.29, 1.82) is 0 Å². The fourth-order valence-corrected chi connectivity index (χ4v) is 6.80. The fraction of sp³-hybridized carbons (Fsp3) is 0.655. The number of hydrogen-bond donors (Lipinski definition) is 1. The SMILES string of the molecule is O=c1c(Cl)c(NC[C@@H]2COC[C@@H]3C[C@H]23)cnn1[C@H]1CC[C@H](N(C[C@@H]2COCCO2)c2ccc(OC(F)(F)F)cc2)CC1. The summed E-state index contributed by atoms with van der Waals surface area (Å²) < 4.78 is 60.7. The van der Waals surface area contributed by atoms with Crippen molar-refractivity contribution in [2.24, 2.45) is 17.8 Å². The maximum absolute atomic E-state index is 13.2. The molecule has 1 aromatic carbocycles. The van der Waals surface area contributed by atoms with Crippen molar-refractivity contribution in [3.05, 3.63) is 45.8 Å². The third-order valence-corrected chi connectivity index (χ3v) is 9.25. The van der Waals surface area contributed by atoms with E-state index < -0.39 is 6.36 Å². The van der Waals surface area contributed by atoms with Gasteiger partial charge in [0.05, 0.1) is 50.5 Å². The first-order valence-corrected chi connectivity index (χ1v) is 15.0. The van der Waals surface area contributed by atoms with Crippen molar-refractivity contribution in [1.82, 2.24) is 9.78 Å². The van der Waals surface area contributed by atoms with Crippen molar-refractivity contribution in [2.75, 3.05) is 56.3 Å². The predicted molar refractivity (Wildman–Crippen MR) is 150 cm³/mol. The van der Waals surface area contributed by atoms with Gasteiger partial charge < -0.3 is 29.2 Å². The van der Waals surface area contributed by atoms with E-state index in [1.807, 2.05) is 0 Å². The highest BCUT2D eigenvalue weighted by molar-refractivity contribution is 6.32. The highest BCUT2D eigenvalue weighted by Gasteiger charge is 2.45. The first-order valence-electron chi connectivity index (χ1n) is 14.7. The molecule has 2 aliphatic carbocycles. The molecule has 4 atom stereocenters. The molecule has 230 valence electrons. The van der Waals surface area contributed by atoms with Crippen LogP contribution in [0.3, 0.4) is 0 Å². The molecule has 0 spiro atoms. The fourth-order valence-electron chi connectivity index (χ4n) is 6.59. The van der Waals surface area contributed by atoms with Crippen molar-refractivity contribution in [3.8, 4) is 5.75 Å². The summed E-state index contributed by atoms with van der Waals surface area (Å²) in [5, 5.41) is 7.95. The van der Waals surface area contributed by atoms with Gasteiger partial charge in [0.25, 0.3) is 5.56 Å². The number of fused-ring (bicyclic) bond motifs is 1. The Morgan fingerprint density at radius 1 is 1.07 bits per heavy atom. The van der Waals surface area contributed by atoms with Gasteiger partial charge in [0.2, 0.25) is 0 Å². The molecule has 0 bridgehead atoms. The molecule has 9 nitrogen and oxygen atoms in total. The molecule has 0 amide bonds. The van der Waals surface area contributed by atoms with Gasteiger partial charge in [-0.05, 0) is 68.2 Å². The van der Waals surface area contributed by atoms with E-state index in [0.29, 0.717) is 69.2 Å². The molecule has 1 N–H and O–H groups in total. The van der Waals surface area contributed by atoms with Gasteiger partial charge in [0.1, 0.15) is 10.8 Å². The number of hydrogen-bond acceptors (Lipinski definition) is 8.